The van der Waals surface area contributed by atoms with Crippen LogP contribution in [0.5, 0.6) is 0 Å². The highest BCUT2D eigenvalue weighted by Gasteiger charge is 2.41. The zero-order chi connectivity index (χ0) is 21.2. The lowest BCUT2D eigenvalue weighted by atomic mass is 9.96. The molecule has 1 heterocycles. The predicted molar refractivity (Wildman–Crippen MR) is 105 cm³/mol. The van der Waals surface area contributed by atoms with Crippen LogP contribution in [0, 0.1) is 11.7 Å². The van der Waals surface area contributed by atoms with E-state index in [0.29, 0.717) is 16.9 Å². The number of nitrogen functional groups attached to an aromatic ring is 1. The number of nitrogens with zero attached hydrogens (tertiary/aromatic N) is 1. The molecule has 2 aromatic carbocycles. The van der Waals surface area contributed by atoms with Crippen LogP contribution in [0.2, 0.25) is 0 Å². The number of nitrogens with two attached hydrogens (primary N) is 1. The Hall–Kier alpha value is -2.97. The zero-order valence-corrected chi connectivity index (χ0v) is 15.8. The van der Waals surface area contributed by atoms with Crippen molar-refractivity contribution in [2.24, 2.45) is 5.92 Å². The molecule has 0 atom stereocenters. The van der Waals surface area contributed by atoms with Gasteiger partial charge in [-0.1, -0.05) is 0 Å². The van der Waals surface area contributed by atoms with Crippen LogP contribution in [0.1, 0.15) is 23.2 Å². The Morgan fingerprint density at radius 2 is 1.72 bits per heavy atom. The lowest BCUT2D eigenvalue weighted by Crippen LogP contribution is -2.39. The lowest BCUT2D eigenvalue weighted by Gasteiger charge is -2.34. The summed E-state index contributed by atoms with van der Waals surface area (Å²) in [6, 6.07) is 9.26. The van der Waals surface area contributed by atoms with Gasteiger partial charge in [-0.2, -0.15) is 13.2 Å². The highest BCUT2D eigenvalue weighted by atomic mass is 19.4. The second-order valence-electron chi connectivity index (χ2n) is 6.98. The van der Waals surface area contributed by atoms with Gasteiger partial charge >= 0.3 is 6.18 Å². The number of benzene rings is 2. The van der Waals surface area contributed by atoms with Gasteiger partial charge in [0.05, 0.1) is 17.2 Å². The van der Waals surface area contributed by atoms with Crippen LogP contribution in [0.4, 0.5) is 40.3 Å². The summed E-state index contributed by atoms with van der Waals surface area (Å²) >= 11 is 0. The molecule has 1 aliphatic rings. The largest absolute Gasteiger partial charge is 0.398 e. The number of carbonyl (C=O) groups is 1. The van der Waals surface area contributed by atoms with Crippen molar-refractivity contribution in [3.63, 3.8) is 0 Å². The highest BCUT2D eigenvalue weighted by Crippen LogP contribution is 2.36. The number of hydrogen-bond acceptors (Lipinski definition) is 4. The van der Waals surface area contributed by atoms with E-state index >= 15 is 0 Å². The normalized spacial score (nSPS) is 15.3. The zero-order valence-electron chi connectivity index (χ0n) is 15.8. The summed E-state index contributed by atoms with van der Waals surface area (Å²) in [4.78, 5) is 13.3. The molecule has 0 spiro atoms. The van der Waals surface area contributed by atoms with Crippen LogP contribution in [0.15, 0.2) is 36.4 Å². The smallest absolute Gasteiger partial charge is 0.391 e. The van der Waals surface area contributed by atoms with Gasteiger partial charge < -0.3 is 21.3 Å². The van der Waals surface area contributed by atoms with Crippen molar-refractivity contribution in [3.8, 4) is 0 Å². The fraction of sp³-hybridized carbons (Fsp3) is 0.350. The van der Waals surface area contributed by atoms with Gasteiger partial charge in [0, 0.05) is 37.2 Å². The van der Waals surface area contributed by atoms with E-state index in [-0.39, 0.29) is 43.2 Å². The summed E-state index contributed by atoms with van der Waals surface area (Å²) in [6.45, 7) is 0.316. The van der Waals surface area contributed by atoms with Gasteiger partial charge in [-0.15, -0.1) is 0 Å². The van der Waals surface area contributed by atoms with Crippen molar-refractivity contribution in [2.75, 3.05) is 36.1 Å². The molecule has 2 aromatic rings. The fourth-order valence-corrected chi connectivity index (χ4v) is 3.44. The average Bonchev–Trinajstić information content (AvgIpc) is 2.67. The van der Waals surface area contributed by atoms with Crippen LogP contribution in [-0.4, -0.2) is 32.2 Å². The van der Waals surface area contributed by atoms with E-state index in [9.17, 15) is 22.4 Å². The van der Waals surface area contributed by atoms with Crippen molar-refractivity contribution in [2.45, 2.75) is 19.0 Å². The maximum atomic E-state index is 14.6. The first-order valence-electron chi connectivity index (χ1n) is 9.19. The number of halogens is 4. The molecular weight excluding hydrogens is 388 g/mol. The lowest BCUT2D eigenvalue weighted by molar-refractivity contribution is -0.179. The Morgan fingerprint density at radius 1 is 1.10 bits per heavy atom. The van der Waals surface area contributed by atoms with Crippen LogP contribution in [0.25, 0.3) is 0 Å². The fourth-order valence-electron chi connectivity index (χ4n) is 3.44. The van der Waals surface area contributed by atoms with E-state index in [4.69, 9.17) is 5.73 Å². The summed E-state index contributed by atoms with van der Waals surface area (Å²) in [5, 5.41) is 5.50. The Kier molecular flexibility index (Phi) is 5.86. The van der Waals surface area contributed by atoms with Gasteiger partial charge in [0.2, 0.25) is 0 Å². The number of piperidine rings is 1. The van der Waals surface area contributed by atoms with Crippen LogP contribution < -0.4 is 21.3 Å². The van der Waals surface area contributed by atoms with E-state index in [1.807, 2.05) is 0 Å². The first-order chi connectivity index (χ1) is 13.7. The van der Waals surface area contributed by atoms with Gasteiger partial charge in [-0.05, 0) is 49.2 Å². The summed E-state index contributed by atoms with van der Waals surface area (Å²) < 4.78 is 53.0. The molecule has 1 fully saturated rings. The molecule has 1 saturated heterocycles. The second-order valence-corrected chi connectivity index (χ2v) is 6.98. The number of rotatable bonds is 4. The number of nitrogens with one attached hydrogen (secondary N) is 2. The molecule has 0 radical (unpaired) electrons. The summed E-state index contributed by atoms with van der Waals surface area (Å²) in [5.74, 6) is -2.15. The van der Waals surface area contributed by atoms with E-state index in [2.05, 4.69) is 10.6 Å². The first kappa shape index (κ1) is 20.8. The molecule has 5 nitrogen and oxygen atoms in total. The minimum absolute atomic E-state index is 0.0418. The number of anilines is 4. The van der Waals surface area contributed by atoms with Gasteiger partial charge in [0.25, 0.3) is 5.91 Å². The Morgan fingerprint density at radius 3 is 2.28 bits per heavy atom. The van der Waals surface area contributed by atoms with Crippen molar-refractivity contribution >= 4 is 28.7 Å². The topological polar surface area (TPSA) is 70.4 Å². The molecule has 156 valence electrons. The standard InChI is InChI=1S/C20H22F4N4O/c1-26-19(29)15-4-2-14(11-17(15)25)27-13-3-5-18(16(21)10-13)28-8-6-12(7-9-28)20(22,23)24/h2-5,10-12,27H,6-9,25H2,1H3,(H,26,29). The van der Waals surface area contributed by atoms with Gasteiger partial charge in [-0.3, -0.25) is 4.79 Å². The molecule has 0 saturated carbocycles. The summed E-state index contributed by atoms with van der Waals surface area (Å²) in [7, 11) is 1.50. The second kappa shape index (κ2) is 8.18. The molecule has 1 amide bonds. The Labute approximate surface area is 165 Å². The van der Waals surface area contributed by atoms with Gasteiger partial charge in [0.1, 0.15) is 5.82 Å². The first-order valence-corrected chi connectivity index (χ1v) is 9.19. The molecule has 9 heteroatoms. The molecule has 0 aromatic heterocycles. The summed E-state index contributed by atoms with van der Waals surface area (Å²) in [6.07, 6.45) is -4.28. The quantitative estimate of drug-likeness (QED) is 0.520. The van der Waals surface area contributed by atoms with E-state index in [0.717, 1.165) is 0 Å². The number of alkyl halides is 3. The highest BCUT2D eigenvalue weighted by molar-refractivity contribution is 5.99. The van der Waals surface area contributed by atoms with Gasteiger partial charge in [0.15, 0.2) is 0 Å². The number of carbonyl (C=O) groups excluding carboxylic acids is 1. The molecule has 0 unspecified atom stereocenters. The Balaban J connectivity index is 1.69. The third-order valence-corrected chi connectivity index (χ3v) is 5.06. The SMILES string of the molecule is CNC(=O)c1ccc(Nc2ccc(N3CCC(C(F)(F)F)CC3)c(F)c2)cc1N. The van der Waals surface area contributed by atoms with E-state index in [1.54, 1.807) is 35.2 Å². The molecule has 0 aliphatic carbocycles. The monoisotopic (exact) mass is 410 g/mol. The minimum Gasteiger partial charge on any atom is -0.398 e. The van der Waals surface area contributed by atoms with Crippen LogP contribution >= 0.6 is 0 Å². The average molecular weight is 410 g/mol. The molecule has 29 heavy (non-hydrogen) atoms. The molecule has 0 bridgehead atoms. The van der Waals surface area contributed by atoms with Crippen molar-refractivity contribution in [1.82, 2.24) is 5.32 Å². The molecular formula is C20H22F4N4O. The number of amides is 1. The van der Waals surface area contributed by atoms with E-state index in [1.165, 1.54) is 13.1 Å². The van der Waals surface area contributed by atoms with Crippen LogP contribution in [-0.2, 0) is 0 Å². The maximum absolute atomic E-state index is 14.6. The minimum atomic E-state index is -4.20. The Bertz CT molecular complexity index is 893. The molecule has 4 N–H and O–H groups in total. The molecule has 3 rings (SSSR count). The third-order valence-electron chi connectivity index (χ3n) is 5.06. The molecule has 1 aliphatic heterocycles. The summed E-state index contributed by atoms with van der Waals surface area (Å²) in [5.41, 5.74) is 7.82. The van der Waals surface area contributed by atoms with Crippen molar-refractivity contribution in [3.05, 3.63) is 47.8 Å². The van der Waals surface area contributed by atoms with Crippen molar-refractivity contribution < 1.29 is 22.4 Å². The van der Waals surface area contributed by atoms with E-state index < -0.39 is 17.9 Å². The third kappa shape index (κ3) is 4.72. The van der Waals surface area contributed by atoms with Gasteiger partial charge in [-0.25, -0.2) is 4.39 Å². The predicted octanol–water partition coefficient (Wildman–Crippen LogP) is 4.29. The van der Waals surface area contributed by atoms with Crippen molar-refractivity contribution in [1.29, 1.82) is 0 Å². The van der Waals surface area contributed by atoms with Crippen LogP contribution in [0.3, 0.4) is 0 Å². The maximum Gasteiger partial charge on any atom is 0.391 e. The number of hydrogen-bond donors (Lipinski definition) is 3.